The zero-order chi connectivity index (χ0) is 20.1. The Labute approximate surface area is 172 Å². The summed E-state index contributed by atoms with van der Waals surface area (Å²) in [6.45, 7) is 2.70. The molecular weight excluding hydrogens is 368 g/mol. The fourth-order valence-electron chi connectivity index (χ4n) is 4.50. The number of benzene rings is 1. The van der Waals surface area contributed by atoms with E-state index in [1.54, 1.807) is 7.05 Å². The molecule has 1 amide bonds. The number of nitrogens with one attached hydrogen (secondary N) is 2. The number of guanidine groups is 1. The summed E-state index contributed by atoms with van der Waals surface area (Å²) >= 11 is 0. The lowest BCUT2D eigenvalue weighted by atomic mass is 9.88. The second kappa shape index (κ2) is 9.37. The average molecular weight is 401 g/mol. The fraction of sp³-hybridized carbons (Fsp3) is 0.636. The lowest BCUT2D eigenvalue weighted by molar-refractivity contribution is -0.135. The van der Waals surface area contributed by atoms with Crippen LogP contribution in [0.5, 0.6) is 11.5 Å². The van der Waals surface area contributed by atoms with Gasteiger partial charge in [-0.2, -0.15) is 0 Å². The van der Waals surface area contributed by atoms with Crippen molar-refractivity contribution in [3.8, 4) is 11.5 Å². The van der Waals surface area contributed by atoms with E-state index in [-0.39, 0.29) is 12.0 Å². The van der Waals surface area contributed by atoms with Crippen LogP contribution < -0.4 is 20.1 Å². The Morgan fingerprint density at radius 3 is 2.83 bits per heavy atom. The quantitative estimate of drug-likeness (QED) is 0.586. The molecule has 7 nitrogen and oxygen atoms in total. The fourth-order valence-corrected chi connectivity index (χ4v) is 4.50. The Bertz CT molecular complexity index is 746. The molecule has 4 rings (SSSR count). The molecule has 2 aliphatic heterocycles. The van der Waals surface area contributed by atoms with Crippen LogP contribution >= 0.6 is 0 Å². The molecule has 1 aromatic carbocycles. The number of hydrogen-bond acceptors (Lipinski definition) is 4. The van der Waals surface area contributed by atoms with E-state index in [1.807, 2.05) is 17.0 Å². The van der Waals surface area contributed by atoms with Crippen LogP contribution in [0.4, 0.5) is 0 Å². The van der Waals surface area contributed by atoms with E-state index < -0.39 is 0 Å². The van der Waals surface area contributed by atoms with Crippen molar-refractivity contribution in [1.82, 2.24) is 15.5 Å². The number of ether oxygens (including phenoxy) is 2. The molecule has 2 fully saturated rings. The standard InChI is InChI=1S/C22H32N4O3/c1-23-22(24-11-9-16-7-8-19-20(13-16)29-15-28-19)25-18-10-12-26(14-18)21(27)17-5-3-2-4-6-17/h7-8,13,17-18H,2-6,9-12,14-15H2,1H3,(H2,23,24,25). The van der Waals surface area contributed by atoms with Crippen molar-refractivity contribution in [3.05, 3.63) is 23.8 Å². The second-order valence-electron chi connectivity index (χ2n) is 8.19. The van der Waals surface area contributed by atoms with Crippen LogP contribution in [0.2, 0.25) is 0 Å². The number of carbonyl (C=O) groups is 1. The van der Waals surface area contributed by atoms with Crippen LogP contribution in [0.1, 0.15) is 44.1 Å². The molecule has 1 saturated heterocycles. The molecule has 2 N–H and O–H groups in total. The van der Waals surface area contributed by atoms with Gasteiger partial charge in [0.05, 0.1) is 0 Å². The molecular formula is C22H32N4O3. The van der Waals surface area contributed by atoms with Gasteiger partial charge in [-0.25, -0.2) is 0 Å². The number of aliphatic imine (C=N–C) groups is 1. The number of likely N-dealkylation sites (tertiary alicyclic amines) is 1. The Kier molecular flexibility index (Phi) is 6.42. The summed E-state index contributed by atoms with van der Waals surface area (Å²) in [5.74, 6) is 3.04. The van der Waals surface area contributed by atoms with Crippen LogP contribution in [0.3, 0.4) is 0 Å². The SMILES string of the molecule is CN=C(NCCc1ccc2c(c1)OCO2)NC1CCN(C(=O)C2CCCCC2)C1. The van der Waals surface area contributed by atoms with E-state index in [1.165, 1.54) is 24.8 Å². The molecule has 0 radical (unpaired) electrons. The first-order valence-electron chi connectivity index (χ1n) is 10.9. The van der Waals surface area contributed by atoms with Gasteiger partial charge in [0.25, 0.3) is 0 Å². The summed E-state index contributed by atoms with van der Waals surface area (Å²) < 4.78 is 10.8. The first-order valence-corrected chi connectivity index (χ1v) is 10.9. The normalized spacial score (nSPS) is 22.0. The summed E-state index contributed by atoms with van der Waals surface area (Å²) in [7, 11) is 1.79. The van der Waals surface area contributed by atoms with Gasteiger partial charge in [-0.05, 0) is 43.4 Å². The van der Waals surface area contributed by atoms with Crippen molar-refractivity contribution >= 4 is 11.9 Å². The maximum atomic E-state index is 12.7. The predicted molar refractivity (Wildman–Crippen MR) is 112 cm³/mol. The van der Waals surface area contributed by atoms with Gasteiger partial charge < -0.3 is 25.0 Å². The zero-order valence-corrected chi connectivity index (χ0v) is 17.3. The van der Waals surface area contributed by atoms with Crippen LogP contribution in [-0.2, 0) is 11.2 Å². The minimum atomic E-state index is 0.252. The Morgan fingerprint density at radius 2 is 2.00 bits per heavy atom. The average Bonchev–Trinajstić information content (AvgIpc) is 3.42. The zero-order valence-electron chi connectivity index (χ0n) is 17.3. The molecule has 3 aliphatic rings. The van der Waals surface area contributed by atoms with Gasteiger partial charge in [0, 0.05) is 38.6 Å². The molecule has 7 heteroatoms. The maximum Gasteiger partial charge on any atom is 0.231 e. The third-order valence-electron chi connectivity index (χ3n) is 6.16. The highest BCUT2D eigenvalue weighted by molar-refractivity contribution is 5.81. The minimum absolute atomic E-state index is 0.252. The number of amides is 1. The van der Waals surface area contributed by atoms with Crippen LogP contribution in [0, 0.1) is 5.92 Å². The van der Waals surface area contributed by atoms with E-state index in [4.69, 9.17) is 9.47 Å². The highest BCUT2D eigenvalue weighted by atomic mass is 16.7. The number of fused-ring (bicyclic) bond motifs is 1. The minimum Gasteiger partial charge on any atom is -0.454 e. The van der Waals surface area contributed by atoms with Crippen LogP contribution in [0.25, 0.3) is 0 Å². The van der Waals surface area contributed by atoms with E-state index >= 15 is 0 Å². The van der Waals surface area contributed by atoms with E-state index in [2.05, 4.69) is 21.7 Å². The number of nitrogens with zero attached hydrogens (tertiary/aromatic N) is 2. The molecule has 158 valence electrons. The topological polar surface area (TPSA) is 75.2 Å². The second-order valence-corrected chi connectivity index (χ2v) is 8.19. The Morgan fingerprint density at radius 1 is 1.17 bits per heavy atom. The molecule has 1 atom stereocenters. The van der Waals surface area contributed by atoms with Crippen molar-refractivity contribution in [2.24, 2.45) is 10.9 Å². The summed E-state index contributed by atoms with van der Waals surface area (Å²) in [6.07, 6.45) is 7.66. The summed E-state index contributed by atoms with van der Waals surface area (Å²) in [4.78, 5) is 19.1. The third-order valence-corrected chi connectivity index (χ3v) is 6.16. The molecule has 2 heterocycles. The van der Waals surface area contributed by atoms with Gasteiger partial charge >= 0.3 is 0 Å². The molecule has 0 spiro atoms. The molecule has 1 aromatic rings. The summed E-state index contributed by atoms with van der Waals surface area (Å²) in [5, 5.41) is 6.86. The number of carbonyl (C=O) groups excluding carboxylic acids is 1. The van der Waals surface area contributed by atoms with E-state index in [0.29, 0.717) is 12.7 Å². The van der Waals surface area contributed by atoms with Crippen molar-refractivity contribution in [2.75, 3.05) is 33.5 Å². The predicted octanol–water partition coefficient (Wildman–Crippen LogP) is 2.30. The Balaban J connectivity index is 1.21. The van der Waals surface area contributed by atoms with E-state index in [9.17, 15) is 4.79 Å². The number of hydrogen-bond donors (Lipinski definition) is 2. The highest BCUT2D eigenvalue weighted by Gasteiger charge is 2.31. The third kappa shape index (κ3) is 4.95. The van der Waals surface area contributed by atoms with Gasteiger partial charge in [-0.15, -0.1) is 0 Å². The smallest absolute Gasteiger partial charge is 0.231 e. The van der Waals surface area contributed by atoms with Gasteiger partial charge in [-0.3, -0.25) is 9.79 Å². The molecule has 1 aliphatic carbocycles. The monoisotopic (exact) mass is 400 g/mol. The summed E-state index contributed by atoms with van der Waals surface area (Å²) in [5.41, 5.74) is 1.20. The molecule has 0 aromatic heterocycles. The molecule has 29 heavy (non-hydrogen) atoms. The van der Waals surface area contributed by atoms with Gasteiger partial charge in [0.15, 0.2) is 17.5 Å². The maximum absolute atomic E-state index is 12.7. The van der Waals surface area contributed by atoms with Gasteiger partial charge in [-0.1, -0.05) is 25.3 Å². The largest absolute Gasteiger partial charge is 0.454 e. The van der Waals surface area contributed by atoms with Crippen LogP contribution in [0.15, 0.2) is 23.2 Å². The molecule has 1 unspecified atom stereocenters. The summed E-state index contributed by atoms with van der Waals surface area (Å²) in [6, 6.07) is 6.32. The van der Waals surface area contributed by atoms with E-state index in [0.717, 1.165) is 62.8 Å². The first-order chi connectivity index (χ1) is 14.2. The Hall–Kier alpha value is -2.44. The number of rotatable bonds is 5. The molecule has 1 saturated carbocycles. The van der Waals surface area contributed by atoms with Crippen molar-refractivity contribution < 1.29 is 14.3 Å². The van der Waals surface area contributed by atoms with Crippen LogP contribution in [-0.4, -0.2) is 56.3 Å². The van der Waals surface area contributed by atoms with Crippen molar-refractivity contribution in [1.29, 1.82) is 0 Å². The lowest BCUT2D eigenvalue weighted by Gasteiger charge is -2.26. The lowest BCUT2D eigenvalue weighted by Crippen LogP contribution is -2.46. The van der Waals surface area contributed by atoms with Crippen molar-refractivity contribution in [2.45, 2.75) is 51.0 Å². The van der Waals surface area contributed by atoms with Gasteiger partial charge in [0.2, 0.25) is 12.7 Å². The van der Waals surface area contributed by atoms with Gasteiger partial charge in [0.1, 0.15) is 0 Å². The highest BCUT2D eigenvalue weighted by Crippen LogP contribution is 2.32. The van der Waals surface area contributed by atoms with Crippen molar-refractivity contribution in [3.63, 3.8) is 0 Å². The first kappa shape index (κ1) is 19.9. The molecule has 0 bridgehead atoms.